The third-order valence-electron chi connectivity index (χ3n) is 4.63. The van der Waals surface area contributed by atoms with Crippen molar-refractivity contribution < 1.29 is 23.9 Å². The first-order chi connectivity index (χ1) is 14.6. The Bertz CT molecular complexity index is 899. The summed E-state index contributed by atoms with van der Waals surface area (Å²) in [5.74, 6) is -0.740. The highest BCUT2D eigenvalue weighted by molar-refractivity contribution is 5.96. The van der Waals surface area contributed by atoms with E-state index in [9.17, 15) is 14.4 Å². The van der Waals surface area contributed by atoms with Crippen molar-refractivity contribution >= 4 is 23.5 Å². The number of esters is 1. The number of benzene rings is 2. The van der Waals surface area contributed by atoms with Crippen LogP contribution in [-0.4, -0.2) is 30.5 Å². The zero-order valence-electron chi connectivity index (χ0n) is 18.4. The summed E-state index contributed by atoms with van der Waals surface area (Å²) in [6.07, 6.45) is -0.331. The number of nitrogens with two attached hydrogens (primary N) is 1. The predicted octanol–water partition coefficient (Wildman–Crippen LogP) is 3.81. The molecule has 2 rings (SSSR count). The molecule has 0 unspecified atom stereocenters. The van der Waals surface area contributed by atoms with Crippen LogP contribution in [0.4, 0.5) is 5.69 Å². The molecule has 0 saturated heterocycles. The topological polar surface area (TPSA) is 108 Å². The van der Waals surface area contributed by atoms with E-state index < -0.39 is 23.9 Å². The number of nitrogens with one attached hydrogen (secondary N) is 1. The minimum Gasteiger partial charge on any atom is -0.494 e. The number of ether oxygens (including phenoxy) is 2. The second kappa shape index (κ2) is 10.6. The summed E-state index contributed by atoms with van der Waals surface area (Å²) in [5.41, 5.74) is 7.30. The van der Waals surface area contributed by atoms with Gasteiger partial charge in [0.15, 0.2) is 6.10 Å². The van der Waals surface area contributed by atoms with Gasteiger partial charge in [0, 0.05) is 17.7 Å². The van der Waals surface area contributed by atoms with Crippen LogP contribution in [0.3, 0.4) is 0 Å². The molecular weight excluding hydrogens is 396 g/mol. The molecule has 7 heteroatoms. The van der Waals surface area contributed by atoms with Crippen molar-refractivity contribution in [1.82, 2.24) is 0 Å². The fourth-order valence-electron chi connectivity index (χ4n) is 2.73. The van der Waals surface area contributed by atoms with Crippen LogP contribution in [0.25, 0.3) is 0 Å². The molecule has 0 aliphatic carbocycles. The molecule has 0 radical (unpaired) electrons. The Kier molecular flexibility index (Phi) is 8.19. The Labute approximate surface area is 182 Å². The molecule has 3 N–H and O–H groups in total. The van der Waals surface area contributed by atoms with E-state index in [1.165, 1.54) is 24.6 Å². The SMILES string of the molecule is C[C@@H](OC(=O)CCCOc1ccc(C(C)(C)C)cc1)C(=O)Nc1ccc(C(N)=O)cc1. The van der Waals surface area contributed by atoms with Crippen molar-refractivity contribution in [2.75, 3.05) is 11.9 Å². The molecule has 0 fully saturated rings. The van der Waals surface area contributed by atoms with E-state index in [1.54, 1.807) is 12.1 Å². The van der Waals surface area contributed by atoms with Crippen molar-refractivity contribution in [2.24, 2.45) is 5.73 Å². The quantitative estimate of drug-likeness (QED) is 0.468. The molecule has 31 heavy (non-hydrogen) atoms. The zero-order chi connectivity index (χ0) is 23.0. The van der Waals surface area contributed by atoms with E-state index in [1.807, 2.05) is 24.3 Å². The van der Waals surface area contributed by atoms with Gasteiger partial charge in [-0.05, 0) is 60.7 Å². The van der Waals surface area contributed by atoms with Crippen LogP contribution in [0.2, 0.25) is 0 Å². The first-order valence-electron chi connectivity index (χ1n) is 10.2. The number of anilines is 1. The molecule has 0 saturated carbocycles. The molecule has 2 amide bonds. The fourth-order valence-corrected chi connectivity index (χ4v) is 2.73. The van der Waals surface area contributed by atoms with E-state index in [0.29, 0.717) is 24.3 Å². The maximum Gasteiger partial charge on any atom is 0.306 e. The molecule has 2 aromatic carbocycles. The van der Waals surface area contributed by atoms with E-state index in [2.05, 4.69) is 26.1 Å². The maximum atomic E-state index is 12.2. The van der Waals surface area contributed by atoms with Gasteiger partial charge in [0.25, 0.3) is 5.91 Å². The number of rotatable bonds is 9. The Morgan fingerprint density at radius 1 is 1.00 bits per heavy atom. The highest BCUT2D eigenvalue weighted by atomic mass is 16.5. The number of primary amides is 1. The van der Waals surface area contributed by atoms with Gasteiger partial charge in [0.2, 0.25) is 5.91 Å². The van der Waals surface area contributed by atoms with Gasteiger partial charge in [-0.1, -0.05) is 32.9 Å². The van der Waals surface area contributed by atoms with Crippen LogP contribution in [0, 0.1) is 0 Å². The lowest BCUT2D eigenvalue weighted by Gasteiger charge is -2.19. The van der Waals surface area contributed by atoms with Gasteiger partial charge in [-0.3, -0.25) is 14.4 Å². The minimum absolute atomic E-state index is 0.0816. The Morgan fingerprint density at radius 2 is 1.61 bits per heavy atom. The summed E-state index contributed by atoms with van der Waals surface area (Å²) in [4.78, 5) is 35.2. The molecular formula is C24H30N2O5. The Balaban J connectivity index is 1.70. The summed E-state index contributed by atoms with van der Waals surface area (Å²) in [6, 6.07) is 14.0. The molecule has 0 aliphatic rings. The highest BCUT2D eigenvalue weighted by Gasteiger charge is 2.18. The van der Waals surface area contributed by atoms with Crippen molar-refractivity contribution in [3.63, 3.8) is 0 Å². The summed E-state index contributed by atoms with van der Waals surface area (Å²) in [7, 11) is 0. The smallest absolute Gasteiger partial charge is 0.306 e. The lowest BCUT2D eigenvalue weighted by Crippen LogP contribution is -2.30. The van der Waals surface area contributed by atoms with Crippen molar-refractivity contribution in [1.29, 1.82) is 0 Å². The van der Waals surface area contributed by atoms with Crippen molar-refractivity contribution in [3.8, 4) is 5.75 Å². The first kappa shape index (κ1) is 23.9. The lowest BCUT2D eigenvalue weighted by molar-refractivity contribution is -0.153. The molecule has 2 aromatic rings. The summed E-state index contributed by atoms with van der Waals surface area (Å²) >= 11 is 0. The second-order valence-electron chi connectivity index (χ2n) is 8.29. The molecule has 0 bridgehead atoms. The van der Waals surface area contributed by atoms with Gasteiger partial charge in [0.05, 0.1) is 6.61 Å². The van der Waals surface area contributed by atoms with Gasteiger partial charge in [-0.15, -0.1) is 0 Å². The summed E-state index contributed by atoms with van der Waals surface area (Å²) in [5, 5.41) is 2.62. The predicted molar refractivity (Wildman–Crippen MR) is 119 cm³/mol. The van der Waals surface area contributed by atoms with Gasteiger partial charge in [0.1, 0.15) is 5.75 Å². The van der Waals surface area contributed by atoms with Gasteiger partial charge >= 0.3 is 5.97 Å². The number of hydrogen-bond acceptors (Lipinski definition) is 5. The molecule has 0 spiro atoms. The van der Waals surface area contributed by atoms with E-state index in [-0.39, 0.29) is 11.8 Å². The third-order valence-corrected chi connectivity index (χ3v) is 4.63. The van der Waals surface area contributed by atoms with Gasteiger partial charge < -0.3 is 20.5 Å². The van der Waals surface area contributed by atoms with Crippen LogP contribution >= 0.6 is 0 Å². The first-order valence-corrected chi connectivity index (χ1v) is 10.2. The third kappa shape index (κ3) is 7.77. The average molecular weight is 427 g/mol. The summed E-state index contributed by atoms with van der Waals surface area (Å²) < 4.78 is 10.8. The van der Waals surface area contributed by atoms with Gasteiger partial charge in [-0.25, -0.2) is 0 Å². The van der Waals surface area contributed by atoms with Crippen molar-refractivity contribution in [2.45, 2.75) is 52.1 Å². The van der Waals surface area contributed by atoms with Crippen molar-refractivity contribution in [3.05, 3.63) is 59.7 Å². The number of carbonyl (C=O) groups excluding carboxylic acids is 3. The van der Waals surface area contributed by atoms with E-state index in [0.717, 1.165) is 5.75 Å². The molecule has 0 aromatic heterocycles. The van der Waals surface area contributed by atoms with Crippen LogP contribution < -0.4 is 15.8 Å². The molecule has 0 aliphatic heterocycles. The van der Waals surface area contributed by atoms with Crippen LogP contribution in [0.15, 0.2) is 48.5 Å². The molecule has 166 valence electrons. The molecule has 0 heterocycles. The number of hydrogen-bond donors (Lipinski definition) is 2. The fraction of sp³-hybridized carbons (Fsp3) is 0.375. The summed E-state index contributed by atoms with van der Waals surface area (Å²) in [6.45, 7) is 8.31. The maximum absolute atomic E-state index is 12.2. The van der Waals surface area contributed by atoms with Gasteiger partial charge in [-0.2, -0.15) is 0 Å². The molecule has 1 atom stereocenters. The zero-order valence-corrected chi connectivity index (χ0v) is 18.4. The lowest BCUT2D eigenvalue weighted by atomic mass is 9.87. The highest BCUT2D eigenvalue weighted by Crippen LogP contribution is 2.24. The number of amides is 2. The standard InChI is InChI=1S/C24H30N2O5/c1-16(23(29)26-19-11-7-17(8-12-19)22(25)28)31-21(27)6-5-15-30-20-13-9-18(10-14-20)24(2,3)4/h7-14,16H,5-6,15H2,1-4H3,(H2,25,28)(H,26,29)/t16-/m1/s1. The minimum atomic E-state index is -0.950. The second-order valence-corrected chi connectivity index (χ2v) is 8.29. The van der Waals surface area contributed by atoms with E-state index >= 15 is 0 Å². The monoisotopic (exact) mass is 426 g/mol. The van der Waals surface area contributed by atoms with Crippen LogP contribution in [-0.2, 0) is 19.7 Å². The Hall–Kier alpha value is -3.35. The van der Waals surface area contributed by atoms with Crippen LogP contribution in [0.5, 0.6) is 5.75 Å². The van der Waals surface area contributed by atoms with Crippen LogP contribution in [0.1, 0.15) is 56.5 Å². The number of carbonyl (C=O) groups is 3. The average Bonchev–Trinajstić information content (AvgIpc) is 2.71. The normalized spacial score (nSPS) is 12.0. The Morgan fingerprint density at radius 3 is 2.16 bits per heavy atom. The molecule has 7 nitrogen and oxygen atoms in total. The van der Waals surface area contributed by atoms with E-state index in [4.69, 9.17) is 15.2 Å². The largest absolute Gasteiger partial charge is 0.494 e.